The molecule has 1 heterocycles. The fourth-order valence-corrected chi connectivity index (χ4v) is 4.18. The van der Waals surface area contributed by atoms with Crippen LogP contribution >= 0.6 is 0 Å². The fraction of sp³-hybridized carbons (Fsp3) is 0.632. The zero-order valence-electron chi connectivity index (χ0n) is 13.9. The predicted molar refractivity (Wildman–Crippen MR) is 91.1 cm³/mol. The molecule has 1 aromatic rings. The summed E-state index contributed by atoms with van der Waals surface area (Å²) in [7, 11) is 0. The van der Waals surface area contributed by atoms with Crippen molar-refractivity contribution in [2.45, 2.75) is 58.4 Å². The first-order valence-corrected chi connectivity index (χ1v) is 8.75. The zero-order valence-corrected chi connectivity index (χ0v) is 13.9. The van der Waals surface area contributed by atoms with Crippen molar-refractivity contribution in [2.75, 3.05) is 18.4 Å². The van der Waals surface area contributed by atoms with E-state index in [-0.39, 0.29) is 5.91 Å². The van der Waals surface area contributed by atoms with E-state index in [1.54, 1.807) is 0 Å². The third-order valence-electron chi connectivity index (χ3n) is 5.58. The second-order valence-corrected chi connectivity index (χ2v) is 7.02. The van der Waals surface area contributed by atoms with Crippen molar-refractivity contribution in [1.29, 1.82) is 0 Å². The molecule has 1 N–H and O–H groups in total. The number of carbonyl (C=O) groups excluding carboxylic acids is 1. The molecule has 2 atom stereocenters. The summed E-state index contributed by atoms with van der Waals surface area (Å²) in [5.41, 5.74) is 3.36. The number of hydrogen-bond donors (Lipinski definition) is 1. The molecule has 0 spiro atoms. The SMILES string of the molecule is Cc1cccc(NC(=O)CN2CCC[C@H]3CCCC[C@@H]32)c1C. The molecule has 0 radical (unpaired) electrons. The van der Waals surface area contributed by atoms with Crippen LogP contribution in [0.25, 0.3) is 0 Å². The first kappa shape index (κ1) is 15.5. The third kappa shape index (κ3) is 3.35. The highest BCUT2D eigenvalue weighted by Gasteiger charge is 2.33. The Labute approximate surface area is 134 Å². The van der Waals surface area contributed by atoms with Crippen LogP contribution < -0.4 is 5.32 Å². The average Bonchev–Trinajstić information content (AvgIpc) is 2.52. The number of rotatable bonds is 3. The molecule has 1 saturated heterocycles. The highest BCUT2D eigenvalue weighted by molar-refractivity contribution is 5.93. The van der Waals surface area contributed by atoms with Gasteiger partial charge in [-0.3, -0.25) is 9.69 Å². The molecule has 0 unspecified atom stereocenters. The maximum Gasteiger partial charge on any atom is 0.238 e. The molecule has 0 aromatic heterocycles. The lowest BCUT2D eigenvalue weighted by atomic mass is 9.78. The quantitative estimate of drug-likeness (QED) is 0.918. The highest BCUT2D eigenvalue weighted by atomic mass is 16.2. The summed E-state index contributed by atoms with van der Waals surface area (Å²) in [5.74, 6) is 0.968. The Morgan fingerprint density at radius 2 is 1.95 bits per heavy atom. The highest BCUT2D eigenvalue weighted by Crippen LogP contribution is 2.35. The van der Waals surface area contributed by atoms with Crippen molar-refractivity contribution in [1.82, 2.24) is 4.90 Å². The molecule has 1 saturated carbocycles. The van der Waals surface area contributed by atoms with Crippen LogP contribution in [0.15, 0.2) is 18.2 Å². The monoisotopic (exact) mass is 300 g/mol. The number of aryl methyl sites for hydroxylation is 1. The van der Waals surface area contributed by atoms with E-state index in [1.807, 2.05) is 12.1 Å². The molecule has 3 nitrogen and oxygen atoms in total. The lowest BCUT2D eigenvalue weighted by Crippen LogP contribution is -2.49. The first-order valence-electron chi connectivity index (χ1n) is 8.75. The van der Waals surface area contributed by atoms with E-state index >= 15 is 0 Å². The van der Waals surface area contributed by atoms with Crippen molar-refractivity contribution in [3.05, 3.63) is 29.3 Å². The number of amides is 1. The minimum Gasteiger partial charge on any atom is -0.325 e. The Kier molecular flexibility index (Phi) is 4.82. The lowest BCUT2D eigenvalue weighted by molar-refractivity contribution is -0.118. The number of piperidine rings is 1. The van der Waals surface area contributed by atoms with E-state index in [4.69, 9.17) is 0 Å². The minimum absolute atomic E-state index is 0.139. The molecule has 1 amide bonds. The van der Waals surface area contributed by atoms with Gasteiger partial charge in [-0.05, 0) is 69.2 Å². The van der Waals surface area contributed by atoms with Crippen molar-refractivity contribution in [2.24, 2.45) is 5.92 Å². The zero-order chi connectivity index (χ0) is 15.5. The van der Waals surface area contributed by atoms with Crippen LogP contribution in [0.5, 0.6) is 0 Å². The smallest absolute Gasteiger partial charge is 0.238 e. The second-order valence-electron chi connectivity index (χ2n) is 7.02. The van der Waals surface area contributed by atoms with Gasteiger partial charge in [-0.2, -0.15) is 0 Å². The summed E-state index contributed by atoms with van der Waals surface area (Å²) in [6.07, 6.45) is 7.96. The third-order valence-corrected chi connectivity index (χ3v) is 5.58. The molecular formula is C19H28N2O. The maximum atomic E-state index is 12.5. The van der Waals surface area contributed by atoms with E-state index in [1.165, 1.54) is 49.7 Å². The Hall–Kier alpha value is -1.35. The van der Waals surface area contributed by atoms with Gasteiger partial charge in [-0.15, -0.1) is 0 Å². The Morgan fingerprint density at radius 1 is 1.18 bits per heavy atom. The molecule has 3 rings (SSSR count). The largest absolute Gasteiger partial charge is 0.325 e. The number of fused-ring (bicyclic) bond motifs is 1. The number of nitrogens with one attached hydrogen (secondary N) is 1. The van der Waals surface area contributed by atoms with Crippen LogP contribution in [-0.4, -0.2) is 29.9 Å². The Balaban J connectivity index is 1.62. The van der Waals surface area contributed by atoms with Crippen molar-refractivity contribution in [3.63, 3.8) is 0 Å². The lowest BCUT2D eigenvalue weighted by Gasteiger charge is -2.43. The van der Waals surface area contributed by atoms with Gasteiger partial charge in [0.25, 0.3) is 0 Å². The molecule has 1 aromatic carbocycles. The van der Waals surface area contributed by atoms with Crippen molar-refractivity contribution >= 4 is 11.6 Å². The minimum atomic E-state index is 0.139. The maximum absolute atomic E-state index is 12.5. The van der Waals surface area contributed by atoms with E-state index in [0.29, 0.717) is 12.6 Å². The topological polar surface area (TPSA) is 32.3 Å². The van der Waals surface area contributed by atoms with E-state index in [2.05, 4.69) is 30.1 Å². The van der Waals surface area contributed by atoms with Gasteiger partial charge in [0.1, 0.15) is 0 Å². The van der Waals surface area contributed by atoms with Crippen LogP contribution in [-0.2, 0) is 4.79 Å². The Morgan fingerprint density at radius 3 is 2.82 bits per heavy atom. The molecular weight excluding hydrogens is 272 g/mol. The number of likely N-dealkylation sites (tertiary alicyclic amines) is 1. The van der Waals surface area contributed by atoms with Gasteiger partial charge in [0, 0.05) is 11.7 Å². The van der Waals surface area contributed by atoms with E-state index in [9.17, 15) is 4.79 Å². The second kappa shape index (κ2) is 6.82. The predicted octanol–water partition coefficient (Wildman–Crippen LogP) is 3.90. The van der Waals surface area contributed by atoms with Crippen LogP contribution in [0.3, 0.4) is 0 Å². The average molecular weight is 300 g/mol. The van der Waals surface area contributed by atoms with Crippen LogP contribution in [0.4, 0.5) is 5.69 Å². The summed E-state index contributed by atoms with van der Waals surface area (Å²) in [6, 6.07) is 6.74. The first-order chi connectivity index (χ1) is 10.6. The standard InChI is InChI=1S/C19H28N2O/c1-14-7-5-10-17(15(14)2)20-19(22)13-21-12-6-9-16-8-3-4-11-18(16)21/h5,7,10,16,18H,3-4,6,8-9,11-13H2,1-2H3,(H,20,22)/t16-,18+/m1/s1. The summed E-state index contributed by atoms with van der Waals surface area (Å²) in [6.45, 7) is 5.79. The summed E-state index contributed by atoms with van der Waals surface area (Å²) in [4.78, 5) is 14.9. The van der Waals surface area contributed by atoms with Gasteiger partial charge in [-0.1, -0.05) is 25.0 Å². The van der Waals surface area contributed by atoms with Crippen molar-refractivity contribution in [3.8, 4) is 0 Å². The van der Waals surface area contributed by atoms with Gasteiger partial charge >= 0.3 is 0 Å². The molecule has 120 valence electrons. The number of anilines is 1. The van der Waals surface area contributed by atoms with Crippen LogP contribution in [0, 0.1) is 19.8 Å². The van der Waals surface area contributed by atoms with Gasteiger partial charge in [0.05, 0.1) is 6.54 Å². The van der Waals surface area contributed by atoms with Gasteiger partial charge in [0.15, 0.2) is 0 Å². The molecule has 0 bridgehead atoms. The van der Waals surface area contributed by atoms with E-state index < -0.39 is 0 Å². The molecule has 2 fully saturated rings. The summed E-state index contributed by atoms with van der Waals surface area (Å²) >= 11 is 0. The number of carbonyl (C=O) groups is 1. The molecule has 3 heteroatoms. The summed E-state index contributed by atoms with van der Waals surface area (Å²) < 4.78 is 0. The normalized spacial score (nSPS) is 25.5. The Bertz CT molecular complexity index is 538. The molecule has 1 aliphatic heterocycles. The number of hydrogen-bond acceptors (Lipinski definition) is 2. The molecule has 1 aliphatic carbocycles. The van der Waals surface area contributed by atoms with Crippen molar-refractivity contribution < 1.29 is 4.79 Å². The van der Waals surface area contributed by atoms with Crippen LogP contribution in [0.1, 0.15) is 49.7 Å². The number of benzene rings is 1. The van der Waals surface area contributed by atoms with Gasteiger partial charge < -0.3 is 5.32 Å². The van der Waals surface area contributed by atoms with Crippen LogP contribution in [0.2, 0.25) is 0 Å². The molecule has 22 heavy (non-hydrogen) atoms. The van der Waals surface area contributed by atoms with E-state index in [0.717, 1.165) is 18.2 Å². The fourth-order valence-electron chi connectivity index (χ4n) is 4.18. The number of nitrogens with zero attached hydrogens (tertiary/aromatic N) is 1. The van der Waals surface area contributed by atoms with Gasteiger partial charge in [0.2, 0.25) is 5.91 Å². The molecule has 2 aliphatic rings. The summed E-state index contributed by atoms with van der Waals surface area (Å²) in [5, 5.41) is 3.11. The van der Waals surface area contributed by atoms with Gasteiger partial charge in [-0.25, -0.2) is 0 Å².